The predicted molar refractivity (Wildman–Crippen MR) is 103 cm³/mol. The Labute approximate surface area is 153 Å². The van der Waals surface area contributed by atoms with Crippen LogP contribution in [0.1, 0.15) is 65.2 Å². The Kier molecular flexibility index (Phi) is 7.51. The van der Waals surface area contributed by atoms with E-state index in [1.807, 2.05) is 0 Å². The molecule has 0 aromatic carbocycles. The lowest BCUT2D eigenvalue weighted by Crippen LogP contribution is -2.50. The van der Waals surface area contributed by atoms with Gasteiger partial charge in [0.2, 0.25) is 11.8 Å². The molecule has 6 heteroatoms. The zero-order chi connectivity index (χ0) is 18.9. The molecule has 6 nitrogen and oxygen atoms in total. The minimum absolute atomic E-state index is 0.239. The lowest BCUT2D eigenvalue weighted by Gasteiger charge is -2.23. The van der Waals surface area contributed by atoms with E-state index in [4.69, 9.17) is 0 Å². The van der Waals surface area contributed by atoms with Crippen LogP contribution < -0.4 is 10.6 Å². The molecule has 0 atom stereocenters. The summed E-state index contributed by atoms with van der Waals surface area (Å²) in [6.07, 6.45) is 7.20. The first-order valence-corrected chi connectivity index (χ1v) is 9.43. The molecule has 0 aliphatic carbocycles. The van der Waals surface area contributed by atoms with Crippen molar-refractivity contribution in [3.8, 4) is 0 Å². The van der Waals surface area contributed by atoms with Gasteiger partial charge in [0.05, 0.1) is 0 Å². The highest BCUT2D eigenvalue weighted by atomic mass is 16.2. The first-order chi connectivity index (χ1) is 12.6. The van der Waals surface area contributed by atoms with Crippen molar-refractivity contribution in [3.63, 3.8) is 0 Å². The van der Waals surface area contributed by atoms with Crippen LogP contribution in [0, 0.1) is 0 Å². The fourth-order valence-corrected chi connectivity index (χ4v) is 2.87. The topological polar surface area (TPSA) is 72.3 Å². The van der Waals surface area contributed by atoms with Gasteiger partial charge in [-0.15, -0.1) is 0 Å². The number of pyridine rings is 2. The number of hydrogen-bond acceptors (Lipinski definition) is 4. The molecule has 0 spiro atoms. The van der Waals surface area contributed by atoms with Crippen LogP contribution in [0.5, 0.6) is 0 Å². The molecule has 0 unspecified atom stereocenters. The molecule has 0 aliphatic rings. The molecule has 26 heavy (non-hydrogen) atoms. The van der Waals surface area contributed by atoms with Crippen molar-refractivity contribution >= 4 is 22.8 Å². The number of hydrogen-bond donors (Lipinski definition) is 0. The van der Waals surface area contributed by atoms with Gasteiger partial charge in [0, 0.05) is 30.5 Å². The van der Waals surface area contributed by atoms with Crippen molar-refractivity contribution in [2.24, 2.45) is 0 Å². The number of imide groups is 1. The van der Waals surface area contributed by atoms with Crippen LogP contribution in [-0.2, 0) is 9.59 Å². The van der Waals surface area contributed by atoms with E-state index < -0.39 is 5.56 Å². The summed E-state index contributed by atoms with van der Waals surface area (Å²) in [4.78, 5) is 42.4. The van der Waals surface area contributed by atoms with E-state index in [0.29, 0.717) is 23.9 Å². The fraction of sp³-hybridized carbons (Fsp3) is 0.500. The van der Waals surface area contributed by atoms with E-state index in [2.05, 4.69) is 18.8 Å². The normalized spacial score (nSPS) is 10.8. The van der Waals surface area contributed by atoms with E-state index in [-0.39, 0.29) is 24.7 Å². The van der Waals surface area contributed by atoms with Gasteiger partial charge in [-0.25, -0.2) is 4.98 Å². The molecule has 0 saturated carbocycles. The highest BCUT2D eigenvalue weighted by Crippen LogP contribution is 2.12. The monoisotopic (exact) mass is 357 g/mol. The van der Waals surface area contributed by atoms with Crippen molar-refractivity contribution in [1.29, 1.82) is 0 Å². The number of fused-ring (bicyclic) bond motifs is 1. The molecule has 2 rings (SSSR count). The number of rotatable bonds is 9. The van der Waals surface area contributed by atoms with Gasteiger partial charge in [-0.2, -0.15) is 9.69 Å². The summed E-state index contributed by atoms with van der Waals surface area (Å²) in [7, 11) is 0. The Morgan fingerprint density at radius 1 is 0.962 bits per heavy atom. The summed E-state index contributed by atoms with van der Waals surface area (Å²) in [6.45, 7) is 4.11. The van der Waals surface area contributed by atoms with Crippen LogP contribution >= 0.6 is 0 Å². The molecular weight excluding hydrogens is 330 g/mol. The van der Waals surface area contributed by atoms with E-state index in [1.165, 1.54) is 6.07 Å². The molecular formula is C20H27N3O3. The summed E-state index contributed by atoms with van der Waals surface area (Å²) in [5.74, 6) is -0.694. The summed E-state index contributed by atoms with van der Waals surface area (Å²) in [5, 5.41) is 1.73. The Bertz CT molecular complexity index is 791. The van der Waals surface area contributed by atoms with Gasteiger partial charge in [-0.05, 0) is 31.0 Å². The number of nitrogens with zero attached hydrogens (tertiary/aromatic N) is 3. The summed E-state index contributed by atoms with van der Waals surface area (Å²) >= 11 is 0. The molecule has 0 fully saturated rings. The van der Waals surface area contributed by atoms with Crippen LogP contribution in [-0.4, -0.2) is 21.5 Å². The van der Waals surface area contributed by atoms with Gasteiger partial charge in [0.1, 0.15) is 0 Å². The molecule has 2 heterocycles. The molecule has 140 valence electrons. The number of carbonyl (C=O) groups is 2. The van der Waals surface area contributed by atoms with Gasteiger partial charge >= 0.3 is 0 Å². The van der Waals surface area contributed by atoms with Gasteiger partial charge in [-0.3, -0.25) is 14.4 Å². The lowest BCUT2D eigenvalue weighted by atomic mass is 10.1. The molecule has 0 bridgehead atoms. The van der Waals surface area contributed by atoms with Crippen LogP contribution in [0.4, 0.5) is 0 Å². The van der Waals surface area contributed by atoms with Crippen molar-refractivity contribution in [1.82, 2.24) is 9.66 Å². The van der Waals surface area contributed by atoms with E-state index in [0.717, 1.165) is 35.4 Å². The molecule has 0 N–H and O–H groups in total. The first kappa shape index (κ1) is 19.8. The van der Waals surface area contributed by atoms with Crippen molar-refractivity contribution in [2.75, 3.05) is 5.01 Å². The highest BCUT2D eigenvalue weighted by Gasteiger charge is 2.25. The Morgan fingerprint density at radius 3 is 2.15 bits per heavy atom. The second kappa shape index (κ2) is 9.85. The quantitative estimate of drug-likeness (QED) is 0.643. The SMILES string of the molecule is CCCCCC(=O)N(C(=O)CCCCC)n1c(=O)ccc2cccnc21. The Hall–Kier alpha value is -2.50. The second-order valence-corrected chi connectivity index (χ2v) is 6.41. The Morgan fingerprint density at radius 2 is 1.58 bits per heavy atom. The van der Waals surface area contributed by atoms with Gasteiger partial charge in [-0.1, -0.05) is 39.5 Å². The molecule has 0 radical (unpaired) electrons. The summed E-state index contributed by atoms with van der Waals surface area (Å²) in [6, 6.07) is 6.59. The molecule has 0 aliphatic heterocycles. The van der Waals surface area contributed by atoms with Gasteiger partial charge in [0.25, 0.3) is 5.56 Å². The van der Waals surface area contributed by atoms with E-state index >= 15 is 0 Å². The molecule has 0 saturated heterocycles. The highest BCUT2D eigenvalue weighted by molar-refractivity contribution is 6.09. The average Bonchev–Trinajstić information content (AvgIpc) is 2.64. The van der Waals surface area contributed by atoms with Crippen molar-refractivity contribution in [2.45, 2.75) is 65.2 Å². The Balaban J connectivity index is 2.43. The van der Waals surface area contributed by atoms with Crippen LogP contribution in [0.3, 0.4) is 0 Å². The zero-order valence-corrected chi connectivity index (χ0v) is 15.6. The van der Waals surface area contributed by atoms with E-state index in [9.17, 15) is 14.4 Å². The largest absolute Gasteiger partial charge is 0.273 e. The predicted octanol–water partition coefficient (Wildman–Crippen LogP) is 3.55. The van der Waals surface area contributed by atoms with Crippen molar-refractivity contribution < 1.29 is 9.59 Å². The third-order valence-corrected chi connectivity index (χ3v) is 4.29. The van der Waals surface area contributed by atoms with Gasteiger partial charge in [0.15, 0.2) is 5.65 Å². The third-order valence-electron chi connectivity index (χ3n) is 4.29. The maximum atomic E-state index is 12.8. The minimum atomic E-state index is -0.427. The number of unbranched alkanes of at least 4 members (excludes halogenated alkanes) is 4. The van der Waals surface area contributed by atoms with Crippen LogP contribution in [0.15, 0.2) is 35.3 Å². The van der Waals surface area contributed by atoms with Crippen molar-refractivity contribution in [3.05, 3.63) is 40.8 Å². The maximum absolute atomic E-state index is 12.8. The van der Waals surface area contributed by atoms with Crippen LogP contribution in [0.2, 0.25) is 0 Å². The molecule has 2 aromatic heterocycles. The minimum Gasteiger partial charge on any atom is -0.273 e. The summed E-state index contributed by atoms with van der Waals surface area (Å²) in [5.41, 5.74) is -0.100. The smallest absolute Gasteiger partial charge is 0.271 e. The lowest BCUT2D eigenvalue weighted by molar-refractivity contribution is -0.129. The first-order valence-electron chi connectivity index (χ1n) is 9.43. The second-order valence-electron chi connectivity index (χ2n) is 6.41. The fourth-order valence-electron chi connectivity index (χ4n) is 2.87. The molecule has 2 aromatic rings. The summed E-state index contributed by atoms with van der Waals surface area (Å²) < 4.78 is 1.14. The van der Waals surface area contributed by atoms with Gasteiger partial charge < -0.3 is 0 Å². The number of aromatic nitrogens is 2. The van der Waals surface area contributed by atoms with E-state index in [1.54, 1.807) is 24.4 Å². The number of carbonyl (C=O) groups excluding carboxylic acids is 2. The third kappa shape index (κ3) is 4.77. The average molecular weight is 357 g/mol. The maximum Gasteiger partial charge on any atom is 0.271 e. The number of amides is 2. The molecule has 2 amide bonds. The standard InChI is InChI=1S/C20H27N3O3/c1-3-5-7-11-17(24)22(18(25)12-8-6-4-2)23-19(26)14-13-16-10-9-15-21-20(16)23/h9-10,13-15H,3-8,11-12H2,1-2H3. The van der Waals surface area contributed by atoms with Crippen LogP contribution in [0.25, 0.3) is 11.0 Å². The zero-order valence-electron chi connectivity index (χ0n) is 15.6.